The van der Waals surface area contributed by atoms with Crippen LogP contribution < -0.4 is 0 Å². The molecule has 2 aliphatic heterocycles. The van der Waals surface area contributed by atoms with Crippen LogP contribution in [-0.2, 0) is 11.3 Å². The van der Waals surface area contributed by atoms with E-state index in [-0.39, 0.29) is 5.91 Å². The highest BCUT2D eigenvalue weighted by atomic mass is 16.5. The summed E-state index contributed by atoms with van der Waals surface area (Å²) in [5.74, 6) is 1.45. The quantitative estimate of drug-likeness (QED) is 0.830. The molecule has 0 bridgehead atoms. The number of carbonyl (C=O) groups is 1. The van der Waals surface area contributed by atoms with Crippen LogP contribution >= 0.6 is 0 Å². The number of hydrogen-bond acceptors (Lipinski definition) is 6. The van der Waals surface area contributed by atoms with Gasteiger partial charge in [0.05, 0.1) is 18.4 Å². The third-order valence-corrected chi connectivity index (χ3v) is 5.37. The van der Waals surface area contributed by atoms with Crippen molar-refractivity contribution in [3.8, 4) is 11.4 Å². The zero-order valence-corrected chi connectivity index (χ0v) is 14.6. The summed E-state index contributed by atoms with van der Waals surface area (Å²) >= 11 is 0. The lowest BCUT2D eigenvalue weighted by Crippen LogP contribution is -2.47. The Kier molecular flexibility index (Phi) is 4.57. The van der Waals surface area contributed by atoms with Crippen molar-refractivity contribution in [3.05, 3.63) is 24.5 Å². The van der Waals surface area contributed by atoms with E-state index in [0.717, 1.165) is 44.3 Å². The molecule has 2 aromatic rings. The van der Waals surface area contributed by atoms with E-state index in [2.05, 4.69) is 19.9 Å². The summed E-state index contributed by atoms with van der Waals surface area (Å²) in [6, 6.07) is 2.54. The van der Waals surface area contributed by atoms with E-state index in [1.54, 1.807) is 12.5 Å². The number of carbonyl (C=O) groups excluding carboxylic acids is 1. The Bertz CT molecular complexity index is 712. The normalized spacial score (nSPS) is 24.3. The predicted molar refractivity (Wildman–Crippen MR) is 90.5 cm³/mol. The second-order valence-electron chi connectivity index (χ2n) is 6.85. The van der Waals surface area contributed by atoms with Gasteiger partial charge in [-0.1, -0.05) is 12.1 Å². The first-order valence-corrected chi connectivity index (χ1v) is 9.15. The average molecular weight is 344 g/mol. The number of nitrogens with zero attached hydrogens (tertiary/aromatic N) is 4. The van der Waals surface area contributed by atoms with Crippen molar-refractivity contribution in [2.24, 2.45) is 0 Å². The van der Waals surface area contributed by atoms with Gasteiger partial charge in [0.1, 0.15) is 6.26 Å². The zero-order chi connectivity index (χ0) is 17.2. The minimum absolute atomic E-state index is 0.273. The highest BCUT2D eigenvalue weighted by Crippen LogP contribution is 2.31. The van der Waals surface area contributed by atoms with E-state index in [4.69, 9.17) is 8.94 Å². The lowest BCUT2D eigenvalue weighted by molar-refractivity contribution is -0.132. The first kappa shape index (κ1) is 16.3. The third kappa shape index (κ3) is 3.20. The number of aromatic nitrogens is 2. The van der Waals surface area contributed by atoms with Crippen LogP contribution in [-0.4, -0.2) is 51.0 Å². The molecule has 4 heterocycles. The van der Waals surface area contributed by atoms with E-state index in [1.165, 1.54) is 0 Å². The van der Waals surface area contributed by atoms with Gasteiger partial charge in [0.15, 0.2) is 0 Å². The summed E-state index contributed by atoms with van der Waals surface area (Å²) in [6.45, 7) is 4.49. The van der Waals surface area contributed by atoms with Crippen molar-refractivity contribution in [3.63, 3.8) is 0 Å². The molecule has 0 radical (unpaired) electrons. The van der Waals surface area contributed by atoms with Gasteiger partial charge in [-0.15, -0.1) is 0 Å². The molecule has 1 amide bonds. The topological polar surface area (TPSA) is 75.6 Å². The van der Waals surface area contributed by atoms with Gasteiger partial charge >= 0.3 is 0 Å². The molecule has 0 N–H and O–H groups in total. The molecule has 2 aromatic heterocycles. The van der Waals surface area contributed by atoms with Crippen LogP contribution in [0.1, 0.15) is 44.9 Å². The summed E-state index contributed by atoms with van der Waals surface area (Å²) in [4.78, 5) is 21.2. The van der Waals surface area contributed by atoms with Gasteiger partial charge in [0.2, 0.25) is 17.6 Å². The first-order valence-electron chi connectivity index (χ1n) is 9.15. The molecule has 2 atom stereocenters. The van der Waals surface area contributed by atoms with Crippen LogP contribution in [0.25, 0.3) is 11.4 Å². The molecular formula is C18H24N4O3. The molecule has 0 aromatic carbocycles. The molecule has 7 nitrogen and oxygen atoms in total. The Morgan fingerprint density at radius 3 is 2.92 bits per heavy atom. The number of hydrogen-bond donors (Lipinski definition) is 0. The van der Waals surface area contributed by atoms with Gasteiger partial charge in [-0.3, -0.25) is 9.69 Å². The fraction of sp³-hybridized carbons (Fsp3) is 0.611. The second-order valence-corrected chi connectivity index (χ2v) is 6.85. The fourth-order valence-electron chi connectivity index (χ4n) is 4.19. The minimum Gasteiger partial charge on any atom is -0.472 e. The van der Waals surface area contributed by atoms with Crippen molar-refractivity contribution in [1.82, 2.24) is 19.9 Å². The number of likely N-dealkylation sites (tertiary alicyclic amines) is 2. The van der Waals surface area contributed by atoms with E-state index >= 15 is 0 Å². The van der Waals surface area contributed by atoms with Crippen LogP contribution in [0, 0.1) is 0 Å². The molecule has 2 saturated heterocycles. The first-order chi connectivity index (χ1) is 12.3. The Hall–Kier alpha value is -2.15. The average Bonchev–Trinajstić information content (AvgIpc) is 3.38. The molecule has 2 fully saturated rings. The maximum absolute atomic E-state index is 12.2. The van der Waals surface area contributed by atoms with Crippen molar-refractivity contribution in [2.45, 2.75) is 57.7 Å². The summed E-state index contributed by atoms with van der Waals surface area (Å²) < 4.78 is 10.5. The number of furan rings is 1. The van der Waals surface area contributed by atoms with Gasteiger partial charge in [-0.2, -0.15) is 4.98 Å². The Morgan fingerprint density at radius 2 is 2.12 bits per heavy atom. The molecule has 0 spiro atoms. The summed E-state index contributed by atoms with van der Waals surface area (Å²) in [6.07, 6.45) is 8.27. The largest absolute Gasteiger partial charge is 0.472 e. The maximum atomic E-state index is 12.2. The van der Waals surface area contributed by atoms with Crippen molar-refractivity contribution < 1.29 is 13.7 Å². The standard InChI is InChI=1S/C18H24N4O3/c1-2-17(23)22-9-4-6-15(22)14-5-3-8-21(14)11-16-19-18(20-25-16)13-7-10-24-12-13/h7,10,12,14-15H,2-6,8-9,11H2,1H3/t14-,15-/m1/s1. The molecule has 7 heteroatoms. The lowest BCUT2D eigenvalue weighted by Gasteiger charge is -2.34. The summed E-state index contributed by atoms with van der Waals surface area (Å²) in [5.41, 5.74) is 0.823. The Morgan fingerprint density at radius 1 is 1.28 bits per heavy atom. The zero-order valence-electron chi connectivity index (χ0n) is 14.6. The van der Waals surface area contributed by atoms with Gasteiger partial charge in [-0.05, 0) is 38.3 Å². The van der Waals surface area contributed by atoms with E-state index in [9.17, 15) is 4.79 Å². The highest BCUT2D eigenvalue weighted by molar-refractivity contribution is 5.76. The molecular weight excluding hydrogens is 320 g/mol. The molecule has 4 rings (SSSR count). The van der Waals surface area contributed by atoms with Crippen LogP contribution in [0.4, 0.5) is 0 Å². The van der Waals surface area contributed by atoms with Crippen molar-refractivity contribution in [2.75, 3.05) is 13.1 Å². The van der Waals surface area contributed by atoms with Crippen LogP contribution in [0.2, 0.25) is 0 Å². The molecule has 0 aliphatic carbocycles. The lowest BCUT2D eigenvalue weighted by atomic mass is 10.0. The van der Waals surface area contributed by atoms with Crippen LogP contribution in [0.3, 0.4) is 0 Å². The van der Waals surface area contributed by atoms with Gasteiger partial charge < -0.3 is 13.8 Å². The van der Waals surface area contributed by atoms with Gasteiger partial charge in [-0.25, -0.2) is 0 Å². The van der Waals surface area contributed by atoms with E-state index < -0.39 is 0 Å². The predicted octanol–water partition coefficient (Wildman–Crippen LogP) is 2.70. The van der Waals surface area contributed by atoms with Crippen LogP contribution in [0.5, 0.6) is 0 Å². The molecule has 25 heavy (non-hydrogen) atoms. The van der Waals surface area contributed by atoms with Crippen LogP contribution in [0.15, 0.2) is 27.5 Å². The second kappa shape index (κ2) is 7.00. The monoisotopic (exact) mass is 344 g/mol. The maximum Gasteiger partial charge on any atom is 0.241 e. The molecule has 0 saturated carbocycles. The van der Waals surface area contributed by atoms with Crippen molar-refractivity contribution >= 4 is 5.91 Å². The van der Waals surface area contributed by atoms with Gasteiger partial charge in [0.25, 0.3) is 0 Å². The fourth-order valence-corrected chi connectivity index (χ4v) is 4.19. The van der Waals surface area contributed by atoms with E-state index in [1.807, 2.05) is 13.0 Å². The smallest absolute Gasteiger partial charge is 0.241 e. The SMILES string of the molecule is CCC(=O)N1CCC[C@@H]1[C@H]1CCCN1Cc1nc(-c2ccoc2)no1. The highest BCUT2D eigenvalue weighted by Gasteiger charge is 2.39. The number of rotatable bonds is 5. The number of amides is 1. The Balaban J connectivity index is 1.46. The summed E-state index contributed by atoms with van der Waals surface area (Å²) in [5, 5.41) is 4.04. The van der Waals surface area contributed by atoms with Crippen molar-refractivity contribution in [1.29, 1.82) is 0 Å². The molecule has 134 valence electrons. The Labute approximate surface area is 147 Å². The molecule has 0 unspecified atom stereocenters. The summed E-state index contributed by atoms with van der Waals surface area (Å²) in [7, 11) is 0. The third-order valence-electron chi connectivity index (χ3n) is 5.37. The molecule has 2 aliphatic rings. The van der Waals surface area contributed by atoms with E-state index in [0.29, 0.717) is 36.8 Å². The minimum atomic E-state index is 0.273. The van der Waals surface area contributed by atoms with Gasteiger partial charge in [0, 0.05) is 25.0 Å².